The number of nitrogens with two attached hydrogens (primary N) is 1. The second kappa shape index (κ2) is 5.91. The monoisotopic (exact) mass is 427 g/mol. The van der Waals surface area contributed by atoms with E-state index >= 15 is 0 Å². The summed E-state index contributed by atoms with van der Waals surface area (Å²) in [7, 11) is 1.86. The fourth-order valence-electron chi connectivity index (χ4n) is 4.33. The van der Waals surface area contributed by atoms with E-state index < -0.39 is 0 Å². The third kappa shape index (κ3) is 2.56. The van der Waals surface area contributed by atoms with E-state index in [-0.39, 0.29) is 23.8 Å². The Kier molecular flexibility index (Phi) is 3.61. The number of aromatic amines is 1. The summed E-state index contributed by atoms with van der Waals surface area (Å²) >= 11 is 3.58. The van der Waals surface area contributed by atoms with Crippen molar-refractivity contribution in [1.29, 1.82) is 0 Å². The maximum atomic E-state index is 12.0. The van der Waals surface area contributed by atoms with Gasteiger partial charge in [0.25, 0.3) is 0 Å². The summed E-state index contributed by atoms with van der Waals surface area (Å²) in [6, 6.07) is -0.0375. The molecule has 0 aliphatic heterocycles. The second-order valence-corrected chi connectivity index (χ2v) is 8.07. The third-order valence-corrected chi connectivity index (χ3v) is 6.15. The molecule has 2 bridgehead atoms. The third-order valence-electron chi connectivity index (χ3n) is 5.55. The number of H-pyrrole nitrogens is 1. The fourth-order valence-corrected chi connectivity index (χ4v) is 4.74. The highest BCUT2D eigenvalue weighted by molar-refractivity contribution is 9.10. The number of halogens is 1. The molecule has 0 radical (unpaired) electrons. The number of allylic oxidation sites excluding steroid dienone is 1. The van der Waals surface area contributed by atoms with E-state index in [9.17, 15) is 4.79 Å². The molecule has 1 fully saturated rings. The molecule has 3 heterocycles. The first kappa shape index (κ1) is 16.5. The second-order valence-electron chi connectivity index (χ2n) is 7.21. The van der Waals surface area contributed by atoms with Crippen molar-refractivity contribution in [3.05, 3.63) is 35.2 Å². The molecule has 3 aromatic heterocycles. The smallest absolute Gasteiger partial charge is 0.223 e. The Morgan fingerprint density at radius 2 is 2.19 bits per heavy atom. The van der Waals surface area contributed by atoms with Gasteiger partial charge in [-0.2, -0.15) is 5.10 Å². The lowest BCUT2D eigenvalue weighted by atomic mass is 9.88. The van der Waals surface area contributed by atoms with Crippen LogP contribution in [0.3, 0.4) is 0 Å². The van der Waals surface area contributed by atoms with Crippen LogP contribution in [0.25, 0.3) is 22.6 Å². The lowest BCUT2D eigenvalue weighted by Crippen LogP contribution is -2.41. The highest BCUT2D eigenvalue weighted by Gasteiger charge is 2.47. The van der Waals surface area contributed by atoms with Crippen LogP contribution in [0.5, 0.6) is 0 Å². The van der Waals surface area contributed by atoms with E-state index in [1.165, 1.54) is 0 Å². The Labute approximate surface area is 163 Å². The molecule has 27 heavy (non-hydrogen) atoms. The summed E-state index contributed by atoms with van der Waals surface area (Å²) in [5.41, 5.74) is 8.82. The Morgan fingerprint density at radius 1 is 1.37 bits per heavy atom. The maximum absolute atomic E-state index is 12.0. The Morgan fingerprint density at radius 3 is 2.93 bits per heavy atom. The number of imidazole rings is 1. The van der Waals surface area contributed by atoms with Crippen LogP contribution in [0, 0.1) is 17.8 Å². The minimum absolute atomic E-state index is 0.0375. The van der Waals surface area contributed by atoms with Crippen molar-refractivity contribution in [1.82, 2.24) is 24.7 Å². The van der Waals surface area contributed by atoms with Gasteiger partial charge in [0.05, 0.1) is 27.8 Å². The van der Waals surface area contributed by atoms with Crippen molar-refractivity contribution in [2.45, 2.75) is 12.5 Å². The van der Waals surface area contributed by atoms with Crippen LogP contribution < -0.4 is 11.1 Å². The summed E-state index contributed by atoms with van der Waals surface area (Å²) in [6.07, 6.45) is 10.6. The van der Waals surface area contributed by atoms with Gasteiger partial charge in [-0.05, 0) is 34.2 Å². The molecule has 1 saturated carbocycles. The molecular weight excluding hydrogens is 410 g/mol. The molecule has 0 spiro atoms. The topological polar surface area (TPSA) is 115 Å². The number of amides is 1. The van der Waals surface area contributed by atoms with Crippen molar-refractivity contribution in [3.63, 3.8) is 0 Å². The molecule has 8 nitrogen and oxygen atoms in total. The molecule has 1 amide bonds. The van der Waals surface area contributed by atoms with Gasteiger partial charge in [0.2, 0.25) is 5.91 Å². The molecule has 2 aliphatic carbocycles. The highest BCUT2D eigenvalue weighted by atomic mass is 79.9. The predicted octanol–water partition coefficient (Wildman–Crippen LogP) is 2.21. The van der Waals surface area contributed by atoms with Crippen LogP contribution in [0.4, 0.5) is 5.69 Å². The van der Waals surface area contributed by atoms with Gasteiger partial charge in [0, 0.05) is 25.5 Å². The molecular formula is C18H18BrN7O. The number of nitrogens with zero attached hydrogens (tertiary/aromatic N) is 4. The van der Waals surface area contributed by atoms with E-state index in [0.29, 0.717) is 17.4 Å². The first-order chi connectivity index (χ1) is 13.0. The molecule has 4 N–H and O–H groups in total. The number of primary amides is 1. The number of aromatic nitrogens is 5. The number of carbonyl (C=O) groups excluding carboxylic acids is 1. The van der Waals surface area contributed by atoms with Crippen molar-refractivity contribution in [2.75, 3.05) is 5.32 Å². The highest BCUT2D eigenvalue weighted by Crippen LogP contribution is 2.46. The van der Waals surface area contributed by atoms with E-state index in [1.807, 2.05) is 13.2 Å². The van der Waals surface area contributed by atoms with Crippen molar-refractivity contribution < 1.29 is 4.79 Å². The number of aryl methyl sites for hydroxylation is 1. The summed E-state index contributed by atoms with van der Waals surface area (Å²) < 4.78 is 2.54. The van der Waals surface area contributed by atoms with Crippen LogP contribution in [0.2, 0.25) is 0 Å². The van der Waals surface area contributed by atoms with Crippen molar-refractivity contribution in [2.24, 2.45) is 30.5 Å². The van der Waals surface area contributed by atoms with E-state index in [1.54, 1.807) is 17.1 Å². The van der Waals surface area contributed by atoms with Crippen LogP contribution in [-0.2, 0) is 11.8 Å². The molecule has 5 rings (SSSR count). The molecule has 138 valence electrons. The fraction of sp³-hybridized carbons (Fsp3) is 0.333. The van der Waals surface area contributed by atoms with Crippen LogP contribution in [0.1, 0.15) is 6.42 Å². The largest absolute Gasteiger partial charge is 0.378 e. The first-order valence-electron chi connectivity index (χ1n) is 8.78. The van der Waals surface area contributed by atoms with Crippen LogP contribution in [0.15, 0.2) is 35.2 Å². The zero-order valence-electron chi connectivity index (χ0n) is 14.6. The van der Waals surface area contributed by atoms with Gasteiger partial charge in [-0.15, -0.1) is 0 Å². The lowest BCUT2D eigenvalue weighted by Gasteiger charge is -2.28. The van der Waals surface area contributed by atoms with Gasteiger partial charge >= 0.3 is 0 Å². The Balaban J connectivity index is 1.56. The Hall–Kier alpha value is -2.68. The normalized spacial score (nSPS) is 26.1. The predicted molar refractivity (Wildman–Crippen MR) is 105 cm³/mol. The van der Waals surface area contributed by atoms with Gasteiger partial charge in [-0.25, -0.2) is 9.97 Å². The van der Waals surface area contributed by atoms with E-state index in [0.717, 1.165) is 27.7 Å². The lowest BCUT2D eigenvalue weighted by molar-refractivity contribution is -0.122. The average Bonchev–Trinajstić information content (AvgIpc) is 3.39. The van der Waals surface area contributed by atoms with Crippen LogP contribution >= 0.6 is 15.9 Å². The molecule has 2 aliphatic rings. The van der Waals surface area contributed by atoms with Crippen molar-refractivity contribution >= 4 is 38.7 Å². The zero-order chi connectivity index (χ0) is 18.7. The molecule has 0 saturated heterocycles. The average molecular weight is 428 g/mol. The summed E-state index contributed by atoms with van der Waals surface area (Å²) in [5.74, 6) is 0.741. The van der Waals surface area contributed by atoms with Gasteiger partial charge in [0.15, 0.2) is 5.65 Å². The first-order valence-corrected chi connectivity index (χ1v) is 9.58. The number of pyridine rings is 1. The number of hydrogen-bond acceptors (Lipinski definition) is 5. The molecule has 9 heteroatoms. The quantitative estimate of drug-likeness (QED) is 0.552. The number of carbonyl (C=O) groups is 1. The van der Waals surface area contributed by atoms with E-state index in [4.69, 9.17) is 5.73 Å². The molecule has 0 aromatic carbocycles. The van der Waals surface area contributed by atoms with Crippen LogP contribution in [-0.4, -0.2) is 36.7 Å². The van der Waals surface area contributed by atoms with Gasteiger partial charge in [-0.1, -0.05) is 12.2 Å². The minimum Gasteiger partial charge on any atom is -0.378 e. The number of fused-ring (bicyclic) bond motifs is 3. The zero-order valence-corrected chi connectivity index (χ0v) is 16.1. The van der Waals surface area contributed by atoms with Crippen molar-refractivity contribution in [3.8, 4) is 11.4 Å². The standard InChI is InChI=1S/C18H18BrN7O/c1-26-7-10(5-22-26)17-24-15-14(11(19)6-21-18(15)25-17)23-13-9-3-2-8(4-9)12(13)16(20)27/h2-3,5-9,12-13H,4H2,1H3,(H2,20,27)(H2,21,23,24,25)/t8-,9-,12+,13-/m1/s1. The van der Waals surface area contributed by atoms with Gasteiger partial charge < -0.3 is 16.0 Å². The number of anilines is 1. The van der Waals surface area contributed by atoms with Gasteiger partial charge in [0.1, 0.15) is 11.3 Å². The maximum Gasteiger partial charge on any atom is 0.223 e. The Bertz CT molecular complexity index is 1080. The molecule has 4 atom stereocenters. The number of rotatable bonds is 4. The SMILES string of the molecule is Cn1cc(-c2nc3ncc(Br)c(N[C@H]4[C@@H](C(N)=O)[C@@H]5C=C[C@@H]4C5)c3[nH]2)cn1. The van der Waals surface area contributed by atoms with E-state index in [2.05, 4.69) is 53.4 Å². The minimum atomic E-state index is -0.258. The number of hydrogen-bond donors (Lipinski definition) is 3. The molecule has 3 aromatic rings. The molecule has 0 unspecified atom stereocenters. The summed E-state index contributed by atoms with van der Waals surface area (Å²) in [5, 5.41) is 7.75. The summed E-state index contributed by atoms with van der Waals surface area (Å²) in [6.45, 7) is 0. The summed E-state index contributed by atoms with van der Waals surface area (Å²) in [4.78, 5) is 24.4. The number of nitrogens with one attached hydrogen (secondary N) is 2. The van der Waals surface area contributed by atoms with Gasteiger partial charge in [-0.3, -0.25) is 9.48 Å².